The van der Waals surface area contributed by atoms with Gasteiger partial charge in [-0.25, -0.2) is 16.8 Å². The largest absolute Gasteiger partial charge is 0.348 e. The van der Waals surface area contributed by atoms with Gasteiger partial charge in [-0.3, -0.25) is 4.79 Å². The molecule has 1 aromatic carbocycles. The third-order valence-corrected chi connectivity index (χ3v) is 8.84. The van der Waals surface area contributed by atoms with Gasteiger partial charge < -0.3 is 5.32 Å². The van der Waals surface area contributed by atoms with Crippen LogP contribution in [-0.4, -0.2) is 57.7 Å². The fourth-order valence-electron chi connectivity index (χ4n) is 3.26. The number of sulfonamides is 1. The van der Waals surface area contributed by atoms with Crippen molar-refractivity contribution in [2.75, 3.05) is 24.6 Å². The molecule has 1 unspecified atom stereocenters. The van der Waals surface area contributed by atoms with Crippen molar-refractivity contribution in [3.63, 3.8) is 0 Å². The molecule has 144 valence electrons. The molecule has 0 aromatic heterocycles. The number of halogens is 1. The van der Waals surface area contributed by atoms with Gasteiger partial charge in [0, 0.05) is 24.7 Å². The first kappa shape index (κ1) is 19.6. The first-order valence-corrected chi connectivity index (χ1v) is 12.1. The molecule has 0 aliphatic carbocycles. The average Bonchev–Trinajstić information content (AvgIpc) is 2.94. The van der Waals surface area contributed by atoms with Gasteiger partial charge in [0.25, 0.3) is 5.91 Å². The Morgan fingerprint density at radius 2 is 1.88 bits per heavy atom. The van der Waals surface area contributed by atoms with Crippen molar-refractivity contribution in [3.05, 3.63) is 28.8 Å². The van der Waals surface area contributed by atoms with E-state index in [-0.39, 0.29) is 27.0 Å². The smallest absolute Gasteiger partial charge is 0.251 e. The average molecular weight is 421 g/mol. The number of piperidine rings is 1. The van der Waals surface area contributed by atoms with E-state index in [1.54, 1.807) is 0 Å². The first-order valence-electron chi connectivity index (χ1n) is 8.50. The number of rotatable bonds is 4. The van der Waals surface area contributed by atoms with Gasteiger partial charge in [-0.1, -0.05) is 18.0 Å². The maximum Gasteiger partial charge on any atom is 0.251 e. The molecule has 7 nitrogen and oxygen atoms in total. The van der Waals surface area contributed by atoms with Crippen molar-refractivity contribution in [1.29, 1.82) is 0 Å². The first-order chi connectivity index (χ1) is 12.2. The summed E-state index contributed by atoms with van der Waals surface area (Å²) in [6, 6.07) is 3.64. The molecule has 1 atom stereocenters. The number of benzene rings is 1. The van der Waals surface area contributed by atoms with E-state index in [0.29, 0.717) is 19.5 Å². The van der Waals surface area contributed by atoms with Crippen molar-refractivity contribution in [3.8, 4) is 0 Å². The highest BCUT2D eigenvalue weighted by Crippen LogP contribution is 2.28. The highest BCUT2D eigenvalue weighted by molar-refractivity contribution is 7.91. The molecule has 1 N–H and O–H groups in total. The number of hydrogen-bond acceptors (Lipinski definition) is 5. The van der Waals surface area contributed by atoms with Crippen molar-refractivity contribution < 1.29 is 21.6 Å². The van der Waals surface area contributed by atoms with Gasteiger partial charge in [0.2, 0.25) is 10.0 Å². The van der Waals surface area contributed by atoms with Crippen molar-refractivity contribution >= 4 is 37.4 Å². The van der Waals surface area contributed by atoms with Gasteiger partial charge in [-0.05, 0) is 37.5 Å². The Labute approximate surface area is 158 Å². The molecule has 0 saturated carbocycles. The lowest BCUT2D eigenvalue weighted by Crippen LogP contribution is -2.37. The highest BCUT2D eigenvalue weighted by Gasteiger charge is 2.31. The fourth-order valence-corrected chi connectivity index (χ4v) is 6.96. The third-order valence-electron chi connectivity index (χ3n) is 4.69. The molecular formula is C16H21ClN2O5S2. The molecule has 26 heavy (non-hydrogen) atoms. The molecule has 2 aliphatic heterocycles. The number of carbonyl (C=O) groups is 1. The van der Waals surface area contributed by atoms with Crippen LogP contribution < -0.4 is 5.32 Å². The van der Waals surface area contributed by atoms with Gasteiger partial charge in [0.1, 0.15) is 4.90 Å². The topological polar surface area (TPSA) is 101 Å². The number of hydrogen-bond donors (Lipinski definition) is 1. The standard InChI is InChI=1S/C16H21ClN2O5S2/c17-14-5-4-12(16(20)18-13-6-9-25(21,22)11-13)10-15(14)26(23,24)19-7-2-1-3-8-19/h4-5,10,13H,1-3,6-9,11H2,(H,18,20). The number of carbonyl (C=O) groups excluding carboxylic acids is 1. The second-order valence-corrected chi connectivity index (χ2v) is 11.2. The van der Waals surface area contributed by atoms with E-state index in [0.717, 1.165) is 19.3 Å². The van der Waals surface area contributed by atoms with E-state index in [2.05, 4.69) is 5.32 Å². The predicted octanol–water partition coefficient (Wildman–Crippen LogP) is 1.43. The van der Waals surface area contributed by atoms with Crippen LogP contribution >= 0.6 is 11.6 Å². The summed E-state index contributed by atoms with van der Waals surface area (Å²) in [7, 11) is -6.88. The Bertz CT molecular complexity index is 909. The van der Waals surface area contributed by atoms with Gasteiger partial charge in [0.15, 0.2) is 9.84 Å². The van der Waals surface area contributed by atoms with E-state index >= 15 is 0 Å². The van der Waals surface area contributed by atoms with Gasteiger partial charge >= 0.3 is 0 Å². The predicted molar refractivity (Wildman–Crippen MR) is 98.6 cm³/mol. The Hall–Kier alpha value is -1.16. The molecule has 0 radical (unpaired) electrons. The normalized spacial score (nSPS) is 23.7. The van der Waals surface area contributed by atoms with Crippen LogP contribution in [-0.2, 0) is 19.9 Å². The van der Waals surface area contributed by atoms with Gasteiger partial charge in [0.05, 0.1) is 16.5 Å². The van der Waals surface area contributed by atoms with Crippen LogP contribution in [0, 0.1) is 0 Å². The molecule has 2 saturated heterocycles. The fraction of sp³-hybridized carbons (Fsp3) is 0.562. The Morgan fingerprint density at radius 3 is 2.50 bits per heavy atom. The summed E-state index contributed by atoms with van der Waals surface area (Å²) in [5, 5.41) is 2.72. The minimum atomic E-state index is -3.77. The van der Waals surface area contributed by atoms with E-state index in [9.17, 15) is 21.6 Å². The summed E-state index contributed by atoms with van der Waals surface area (Å²) in [4.78, 5) is 12.3. The quantitative estimate of drug-likeness (QED) is 0.794. The minimum Gasteiger partial charge on any atom is -0.348 e. The summed E-state index contributed by atoms with van der Waals surface area (Å²) in [5.74, 6) is -0.544. The molecule has 0 spiro atoms. The second kappa shape index (κ2) is 7.46. The van der Waals surface area contributed by atoms with Crippen LogP contribution in [0.25, 0.3) is 0 Å². The van der Waals surface area contributed by atoms with E-state index in [1.807, 2.05) is 0 Å². The molecule has 1 aromatic rings. The van der Waals surface area contributed by atoms with Crippen molar-refractivity contribution in [2.24, 2.45) is 0 Å². The van der Waals surface area contributed by atoms with Crippen LogP contribution in [0.15, 0.2) is 23.1 Å². The summed E-state index contributed by atoms with van der Waals surface area (Å²) in [6.07, 6.45) is 2.95. The molecule has 2 heterocycles. The lowest BCUT2D eigenvalue weighted by molar-refractivity contribution is 0.0941. The second-order valence-electron chi connectivity index (χ2n) is 6.68. The van der Waals surface area contributed by atoms with Gasteiger partial charge in [-0.15, -0.1) is 0 Å². The number of amides is 1. The summed E-state index contributed by atoms with van der Waals surface area (Å²) < 4.78 is 50.1. The lowest BCUT2D eigenvalue weighted by atomic mass is 10.2. The summed E-state index contributed by atoms with van der Waals surface area (Å²) in [6.45, 7) is 0.879. The molecule has 2 fully saturated rings. The van der Waals surface area contributed by atoms with Crippen LogP contribution in [0.2, 0.25) is 5.02 Å². The summed E-state index contributed by atoms with van der Waals surface area (Å²) >= 11 is 6.10. The molecule has 0 bridgehead atoms. The van der Waals surface area contributed by atoms with Crippen LogP contribution in [0.5, 0.6) is 0 Å². The van der Waals surface area contributed by atoms with Crippen molar-refractivity contribution in [1.82, 2.24) is 9.62 Å². The Kier molecular flexibility index (Phi) is 5.62. The van der Waals surface area contributed by atoms with Crippen molar-refractivity contribution in [2.45, 2.75) is 36.6 Å². The molecule has 2 aliphatic rings. The lowest BCUT2D eigenvalue weighted by Gasteiger charge is -2.26. The van der Waals surface area contributed by atoms with E-state index in [4.69, 9.17) is 11.6 Å². The Morgan fingerprint density at radius 1 is 1.19 bits per heavy atom. The zero-order chi connectivity index (χ0) is 18.9. The monoisotopic (exact) mass is 420 g/mol. The number of nitrogens with one attached hydrogen (secondary N) is 1. The number of sulfone groups is 1. The van der Waals surface area contributed by atoms with Gasteiger partial charge in [-0.2, -0.15) is 4.31 Å². The zero-order valence-corrected chi connectivity index (χ0v) is 16.5. The Balaban J connectivity index is 1.82. The van der Waals surface area contributed by atoms with Crippen LogP contribution in [0.4, 0.5) is 0 Å². The van der Waals surface area contributed by atoms with Crippen LogP contribution in [0.3, 0.4) is 0 Å². The molecule has 1 amide bonds. The molecular weight excluding hydrogens is 400 g/mol. The minimum absolute atomic E-state index is 0.0488. The maximum atomic E-state index is 12.8. The maximum absolute atomic E-state index is 12.8. The van der Waals surface area contributed by atoms with Crippen LogP contribution in [0.1, 0.15) is 36.0 Å². The van der Waals surface area contributed by atoms with E-state index < -0.39 is 31.8 Å². The SMILES string of the molecule is O=C(NC1CCS(=O)(=O)C1)c1ccc(Cl)c(S(=O)(=O)N2CCCCC2)c1. The highest BCUT2D eigenvalue weighted by atomic mass is 35.5. The summed E-state index contributed by atoms with van der Waals surface area (Å²) in [5.41, 5.74) is 0.147. The molecule has 10 heteroatoms. The number of nitrogens with zero attached hydrogens (tertiary/aromatic N) is 1. The zero-order valence-electron chi connectivity index (χ0n) is 14.1. The molecule has 3 rings (SSSR count). The third kappa shape index (κ3) is 4.21. The van der Waals surface area contributed by atoms with E-state index in [1.165, 1.54) is 22.5 Å².